The van der Waals surface area contributed by atoms with Gasteiger partial charge in [0.1, 0.15) is 0 Å². The van der Waals surface area contributed by atoms with Gasteiger partial charge in [0, 0.05) is 0 Å². The second-order valence-electron chi connectivity index (χ2n) is 8.46. The van der Waals surface area contributed by atoms with Crippen molar-refractivity contribution in [3.63, 3.8) is 0 Å². The van der Waals surface area contributed by atoms with Crippen LogP contribution in [0.3, 0.4) is 0 Å². The van der Waals surface area contributed by atoms with E-state index in [0.29, 0.717) is 11.8 Å². The molecule has 0 aliphatic heterocycles. The van der Waals surface area contributed by atoms with Crippen molar-refractivity contribution in [1.29, 1.82) is 0 Å². The highest BCUT2D eigenvalue weighted by Crippen LogP contribution is 2.66. The first-order chi connectivity index (χ1) is 12.0. The predicted molar refractivity (Wildman–Crippen MR) is 92.8 cm³/mol. The van der Waals surface area contributed by atoms with E-state index in [4.69, 9.17) is 9.47 Å². The van der Waals surface area contributed by atoms with Crippen molar-refractivity contribution < 1.29 is 19.1 Å². The van der Waals surface area contributed by atoms with Crippen LogP contribution in [0.25, 0.3) is 0 Å². The Morgan fingerprint density at radius 2 is 1.72 bits per heavy atom. The van der Waals surface area contributed by atoms with E-state index in [1.165, 1.54) is 31.9 Å². The summed E-state index contributed by atoms with van der Waals surface area (Å²) in [4.78, 5) is 24.7. The number of hydrogen-bond donors (Lipinski definition) is 0. The van der Waals surface area contributed by atoms with Gasteiger partial charge in [0.25, 0.3) is 0 Å². The molecule has 4 aliphatic carbocycles. The second kappa shape index (κ2) is 5.86. The molecule has 4 fully saturated rings. The van der Waals surface area contributed by atoms with Crippen LogP contribution in [0.1, 0.15) is 51.0 Å². The molecule has 134 valence electrons. The summed E-state index contributed by atoms with van der Waals surface area (Å²) in [5.41, 5.74) is 1.03. The first-order valence-electron chi connectivity index (χ1n) is 9.31. The topological polar surface area (TPSA) is 52.6 Å². The highest BCUT2D eigenvalue weighted by Gasteiger charge is 2.61. The zero-order valence-electron chi connectivity index (χ0n) is 15.0. The molecular weight excluding hydrogens is 316 g/mol. The van der Waals surface area contributed by atoms with Crippen molar-refractivity contribution in [1.82, 2.24) is 0 Å². The SMILES string of the molecule is COC(=O)[C@@H](C)OC(=O)C12C[C@H]3C[C@@H](C1)CC(c1ccccc1)(C3)C2. The summed E-state index contributed by atoms with van der Waals surface area (Å²) >= 11 is 0. The minimum Gasteiger partial charge on any atom is -0.466 e. The highest BCUT2D eigenvalue weighted by molar-refractivity contribution is 5.82. The Kier molecular flexibility index (Phi) is 3.89. The number of benzene rings is 1. The van der Waals surface area contributed by atoms with Crippen molar-refractivity contribution in [2.24, 2.45) is 17.3 Å². The number of ether oxygens (including phenoxy) is 2. The maximum Gasteiger partial charge on any atom is 0.346 e. The van der Waals surface area contributed by atoms with Gasteiger partial charge < -0.3 is 9.47 Å². The van der Waals surface area contributed by atoms with Gasteiger partial charge in [0.05, 0.1) is 12.5 Å². The van der Waals surface area contributed by atoms with Crippen LogP contribution in [0.5, 0.6) is 0 Å². The van der Waals surface area contributed by atoms with E-state index in [2.05, 4.69) is 24.3 Å². The van der Waals surface area contributed by atoms with Gasteiger partial charge in [0.15, 0.2) is 6.10 Å². The minimum atomic E-state index is -0.835. The zero-order chi connectivity index (χ0) is 17.7. The van der Waals surface area contributed by atoms with E-state index in [0.717, 1.165) is 19.3 Å². The van der Waals surface area contributed by atoms with Gasteiger partial charge in [-0.15, -0.1) is 0 Å². The van der Waals surface area contributed by atoms with Crippen molar-refractivity contribution in [2.45, 2.75) is 57.0 Å². The van der Waals surface area contributed by atoms with Gasteiger partial charge in [-0.05, 0) is 68.3 Å². The molecule has 0 N–H and O–H groups in total. The molecule has 0 amide bonds. The van der Waals surface area contributed by atoms with Crippen molar-refractivity contribution in [2.75, 3.05) is 7.11 Å². The lowest BCUT2D eigenvalue weighted by atomic mass is 9.43. The fraction of sp³-hybridized carbons (Fsp3) is 0.619. The Morgan fingerprint density at radius 1 is 1.08 bits per heavy atom. The molecule has 5 atom stereocenters. The van der Waals surface area contributed by atoms with E-state index in [1.807, 2.05) is 6.07 Å². The number of hydrogen-bond acceptors (Lipinski definition) is 4. The van der Waals surface area contributed by atoms with Crippen LogP contribution < -0.4 is 0 Å². The molecule has 1 aromatic carbocycles. The first-order valence-corrected chi connectivity index (χ1v) is 9.31. The van der Waals surface area contributed by atoms with Crippen LogP contribution in [-0.2, 0) is 24.5 Å². The van der Waals surface area contributed by atoms with E-state index in [-0.39, 0.29) is 11.4 Å². The Morgan fingerprint density at radius 3 is 2.32 bits per heavy atom. The number of carbonyl (C=O) groups is 2. The quantitative estimate of drug-likeness (QED) is 0.784. The second-order valence-corrected chi connectivity index (χ2v) is 8.46. The molecule has 2 unspecified atom stereocenters. The predicted octanol–water partition coefficient (Wildman–Crippen LogP) is 3.63. The highest BCUT2D eigenvalue weighted by atomic mass is 16.6. The van der Waals surface area contributed by atoms with Crippen LogP contribution in [0.4, 0.5) is 0 Å². The lowest BCUT2D eigenvalue weighted by Gasteiger charge is -2.61. The fourth-order valence-corrected chi connectivity index (χ4v) is 6.13. The maximum atomic E-state index is 13.1. The Labute approximate surface area is 148 Å². The summed E-state index contributed by atoms with van der Waals surface area (Å²) in [6.45, 7) is 1.59. The average Bonchev–Trinajstić information content (AvgIpc) is 2.60. The molecule has 0 radical (unpaired) electrons. The van der Waals surface area contributed by atoms with E-state index in [1.54, 1.807) is 6.92 Å². The minimum absolute atomic E-state index is 0.0961. The Balaban J connectivity index is 1.62. The molecule has 4 saturated carbocycles. The van der Waals surface area contributed by atoms with Gasteiger partial charge in [-0.2, -0.15) is 0 Å². The van der Waals surface area contributed by atoms with Crippen LogP contribution in [0, 0.1) is 17.3 Å². The van der Waals surface area contributed by atoms with E-state index < -0.39 is 17.5 Å². The van der Waals surface area contributed by atoms with E-state index in [9.17, 15) is 9.59 Å². The molecule has 5 rings (SSSR count). The Hall–Kier alpha value is -1.84. The summed E-state index contributed by atoms with van der Waals surface area (Å²) in [6.07, 6.45) is 5.41. The standard InChI is InChI=1S/C21H26O4/c1-14(18(22)24-2)25-19(23)21-11-15-8-16(12-21)10-20(9-15,13-21)17-6-4-3-5-7-17/h3-7,14-16H,8-13H2,1-2H3/t14-,15-,16+,20?,21?/m1/s1. The maximum absolute atomic E-state index is 13.1. The van der Waals surface area contributed by atoms with Crippen LogP contribution in [-0.4, -0.2) is 25.2 Å². The first kappa shape index (κ1) is 16.6. The molecule has 1 aromatic rings. The molecule has 0 saturated heterocycles. The lowest BCUT2D eigenvalue weighted by Crippen LogP contribution is -2.57. The van der Waals surface area contributed by atoms with Crippen LogP contribution in [0.2, 0.25) is 0 Å². The molecule has 0 heterocycles. The van der Waals surface area contributed by atoms with Gasteiger partial charge >= 0.3 is 11.9 Å². The third-order valence-electron chi connectivity index (χ3n) is 6.70. The molecule has 0 aromatic heterocycles. The van der Waals surface area contributed by atoms with Gasteiger partial charge in [0.2, 0.25) is 0 Å². The third kappa shape index (κ3) is 2.66. The molecule has 25 heavy (non-hydrogen) atoms. The monoisotopic (exact) mass is 342 g/mol. The summed E-state index contributed by atoms with van der Waals surface area (Å²) in [7, 11) is 1.32. The van der Waals surface area contributed by atoms with Gasteiger partial charge in [-0.3, -0.25) is 4.79 Å². The van der Waals surface area contributed by atoms with Gasteiger partial charge in [-0.1, -0.05) is 30.3 Å². The van der Waals surface area contributed by atoms with Crippen molar-refractivity contribution >= 4 is 11.9 Å². The fourth-order valence-electron chi connectivity index (χ4n) is 6.13. The smallest absolute Gasteiger partial charge is 0.346 e. The summed E-state index contributed by atoms with van der Waals surface area (Å²) < 4.78 is 10.3. The molecule has 0 spiro atoms. The zero-order valence-corrected chi connectivity index (χ0v) is 15.0. The number of carbonyl (C=O) groups excluding carboxylic acids is 2. The lowest BCUT2D eigenvalue weighted by molar-refractivity contribution is -0.184. The number of esters is 2. The van der Waals surface area contributed by atoms with Crippen LogP contribution in [0.15, 0.2) is 30.3 Å². The molecular formula is C21H26O4. The summed E-state index contributed by atoms with van der Waals surface area (Å²) in [6, 6.07) is 10.7. The number of rotatable bonds is 4. The van der Waals surface area contributed by atoms with E-state index >= 15 is 0 Å². The van der Waals surface area contributed by atoms with Crippen molar-refractivity contribution in [3.8, 4) is 0 Å². The largest absolute Gasteiger partial charge is 0.466 e. The number of methoxy groups -OCH3 is 1. The average molecular weight is 342 g/mol. The summed E-state index contributed by atoms with van der Waals surface area (Å²) in [5, 5.41) is 0. The summed E-state index contributed by atoms with van der Waals surface area (Å²) in [5.74, 6) is 0.487. The van der Waals surface area contributed by atoms with Gasteiger partial charge in [-0.25, -0.2) is 4.79 Å². The molecule has 4 bridgehead atoms. The molecule has 4 aliphatic rings. The molecule has 4 heteroatoms. The normalized spacial score (nSPS) is 36.7. The van der Waals surface area contributed by atoms with Crippen molar-refractivity contribution in [3.05, 3.63) is 35.9 Å². The Bertz CT molecular complexity index is 666. The van der Waals surface area contributed by atoms with Crippen LogP contribution >= 0.6 is 0 Å². The molecule has 4 nitrogen and oxygen atoms in total. The third-order valence-corrected chi connectivity index (χ3v) is 6.70.